The topological polar surface area (TPSA) is 146 Å². The smallest absolute Gasteiger partial charge is 0.333 e. The average molecular weight is 490 g/mol. The monoisotopic (exact) mass is 489 g/mol. The van der Waals surface area contributed by atoms with Gasteiger partial charge in [-0.25, -0.2) is 9.59 Å². The van der Waals surface area contributed by atoms with Crippen LogP contribution in [0.1, 0.15) is 30.8 Å². The molecule has 1 aromatic carbocycles. The predicted octanol–water partition coefficient (Wildman–Crippen LogP) is 3.93. The van der Waals surface area contributed by atoms with E-state index in [9.17, 15) is 14.9 Å². The lowest BCUT2D eigenvalue weighted by Gasteiger charge is -2.25. The Labute approximate surface area is 209 Å². The molecule has 0 bridgehead atoms. The molecular formula is C25H27N7O4. The van der Waals surface area contributed by atoms with Gasteiger partial charge in [-0.05, 0) is 44.5 Å². The normalized spacial score (nSPS) is 10.4. The number of aromatic nitrogens is 2. The van der Waals surface area contributed by atoms with E-state index in [0.29, 0.717) is 29.9 Å². The van der Waals surface area contributed by atoms with E-state index in [1.807, 2.05) is 36.1 Å². The summed E-state index contributed by atoms with van der Waals surface area (Å²) in [5.74, 6) is -0.833. The van der Waals surface area contributed by atoms with E-state index in [1.165, 1.54) is 4.57 Å². The molecule has 0 saturated carbocycles. The summed E-state index contributed by atoms with van der Waals surface area (Å²) in [5.41, 5.74) is 2.83. The van der Waals surface area contributed by atoms with Crippen LogP contribution in [0.2, 0.25) is 0 Å². The Hall–Kier alpha value is -4.77. The van der Waals surface area contributed by atoms with Crippen molar-refractivity contribution in [1.82, 2.24) is 9.55 Å². The third-order valence-electron chi connectivity index (χ3n) is 4.96. The third kappa shape index (κ3) is 7.11. The van der Waals surface area contributed by atoms with Crippen LogP contribution in [0, 0.1) is 29.6 Å². The second-order valence-corrected chi connectivity index (χ2v) is 7.88. The Morgan fingerprint density at radius 2 is 1.64 bits per heavy atom. The van der Waals surface area contributed by atoms with Crippen LogP contribution in [-0.4, -0.2) is 47.8 Å². The number of azo groups is 1. The lowest BCUT2D eigenvalue weighted by Crippen LogP contribution is -2.32. The van der Waals surface area contributed by atoms with Crippen LogP contribution in [0.25, 0.3) is 0 Å². The van der Waals surface area contributed by atoms with Gasteiger partial charge in [-0.2, -0.15) is 15.5 Å². The molecular weight excluding hydrogens is 462 g/mol. The predicted molar refractivity (Wildman–Crippen MR) is 132 cm³/mol. The van der Waals surface area contributed by atoms with Crippen LogP contribution in [0.3, 0.4) is 0 Å². The van der Waals surface area contributed by atoms with Crippen molar-refractivity contribution in [1.29, 1.82) is 10.5 Å². The minimum absolute atomic E-state index is 0.0173. The number of nitriles is 2. The quantitative estimate of drug-likeness (QED) is 0.262. The molecule has 0 unspecified atom stereocenters. The van der Waals surface area contributed by atoms with Crippen molar-refractivity contribution in [2.24, 2.45) is 17.3 Å². The molecule has 0 amide bonds. The fourth-order valence-corrected chi connectivity index (χ4v) is 2.94. The summed E-state index contributed by atoms with van der Waals surface area (Å²) in [6, 6.07) is 9.21. The number of carbonyl (C=O) groups is 2. The number of anilines is 1. The third-order valence-corrected chi connectivity index (χ3v) is 4.96. The zero-order chi connectivity index (χ0) is 26.8. The van der Waals surface area contributed by atoms with E-state index in [4.69, 9.17) is 14.7 Å². The number of hydrogen-bond donors (Lipinski definition) is 0. The molecule has 11 nitrogen and oxygen atoms in total. The number of hydrogen-bond acceptors (Lipinski definition) is 10. The van der Waals surface area contributed by atoms with Gasteiger partial charge in [-0.15, -0.1) is 10.2 Å². The Kier molecular flexibility index (Phi) is 9.64. The highest BCUT2D eigenvalue weighted by atomic mass is 16.5. The first kappa shape index (κ1) is 27.5. The summed E-state index contributed by atoms with van der Waals surface area (Å²) in [5, 5.41) is 26.6. The fourth-order valence-electron chi connectivity index (χ4n) is 2.94. The zero-order valence-corrected chi connectivity index (χ0v) is 20.7. The molecule has 36 heavy (non-hydrogen) atoms. The number of carbonyl (C=O) groups excluding carboxylic acids is 2. The Morgan fingerprint density at radius 3 is 2.08 bits per heavy atom. The van der Waals surface area contributed by atoms with Crippen molar-refractivity contribution in [3.8, 4) is 12.1 Å². The number of aryl methyl sites for hydroxylation is 1. The highest BCUT2D eigenvalue weighted by Crippen LogP contribution is 2.27. The number of benzene rings is 1. The summed E-state index contributed by atoms with van der Waals surface area (Å²) in [6.07, 6.45) is 0. The highest BCUT2D eigenvalue weighted by molar-refractivity contribution is 5.87. The maximum absolute atomic E-state index is 11.7. The van der Waals surface area contributed by atoms with Crippen molar-refractivity contribution in [3.63, 3.8) is 0 Å². The SMILES string of the molecule is C=C(C)C(=O)OCCN(CCOC(=O)C(=C)C)c1ccc(N=Nc2nc(C#N)c(C#N)n2C)c(C)c1. The number of esters is 2. The summed E-state index contributed by atoms with van der Waals surface area (Å²) < 4.78 is 11.8. The molecule has 0 aliphatic carbocycles. The van der Waals surface area contributed by atoms with Gasteiger partial charge in [-0.3, -0.25) is 0 Å². The maximum atomic E-state index is 11.7. The molecule has 0 spiro atoms. The van der Waals surface area contributed by atoms with Crippen LogP contribution in [-0.2, 0) is 26.1 Å². The summed E-state index contributed by atoms with van der Waals surface area (Å²) in [7, 11) is 1.58. The molecule has 0 aliphatic heterocycles. The maximum Gasteiger partial charge on any atom is 0.333 e. The van der Waals surface area contributed by atoms with E-state index >= 15 is 0 Å². The van der Waals surface area contributed by atoms with E-state index in [1.54, 1.807) is 27.0 Å². The van der Waals surface area contributed by atoms with Crippen LogP contribution in [0.4, 0.5) is 17.3 Å². The first-order valence-corrected chi connectivity index (χ1v) is 10.9. The van der Waals surface area contributed by atoms with Crippen LogP contribution >= 0.6 is 0 Å². The molecule has 1 aromatic heterocycles. The Bertz CT molecular complexity index is 1260. The van der Waals surface area contributed by atoms with Crippen molar-refractivity contribution in [2.75, 3.05) is 31.2 Å². The standard InChI is InChI=1S/C25H27N7O4/c1-16(2)23(33)35-11-9-32(10-12-36-24(34)17(3)4)19-7-8-20(18(5)13-19)29-30-25-28-21(14-26)22(15-27)31(25)6/h7-8,13H,1,3,9-12H2,2,4-6H3. The van der Waals surface area contributed by atoms with E-state index in [2.05, 4.69) is 28.4 Å². The van der Waals surface area contributed by atoms with Gasteiger partial charge in [-0.1, -0.05) is 13.2 Å². The molecule has 0 radical (unpaired) electrons. The minimum Gasteiger partial charge on any atom is -0.460 e. The van der Waals surface area contributed by atoms with Gasteiger partial charge in [0.1, 0.15) is 25.4 Å². The Balaban J connectivity index is 2.21. The van der Waals surface area contributed by atoms with Gasteiger partial charge in [0.2, 0.25) is 0 Å². The second kappa shape index (κ2) is 12.6. The molecule has 1 heterocycles. The lowest BCUT2D eigenvalue weighted by molar-refractivity contribution is -0.139. The summed E-state index contributed by atoms with van der Waals surface area (Å²) >= 11 is 0. The number of ether oxygens (including phenoxy) is 2. The fraction of sp³-hybridized carbons (Fsp3) is 0.320. The highest BCUT2D eigenvalue weighted by Gasteiger charge is 2.15. The molecule has 0 aliphatic rings. The summed E-state index contributed by atoms with van der Waals surface area (Å²) in [4.78, 5) is 29.4. The van der Waals surface area contributed by atoms with Gasteiger partial charge in [0, 0.05) is 23.9 Å². The molecule has 0 atom stereocenters. The van der Waals surface area contributed by atoms with E-state index < -0.39 is 11.9 Å². The van der Waals surface area contributed by atoms with Crippen LogP contribution in [0.15, 0.2) is 52.7 Å². The van der Waals surface area contributed by atoms with Gasteiger partial charge in [0.15, 0.2) is 11.4 Å². The average Bonchev–Trinajstić information content (AvgIpc) is 3.16. The van der Waals surface area contributed by atoms with Crippen molar-refractivity contribution in [3.05, 3.63) is 59.5 Å². The van der Waals surface area contributed by atoms with E-state index in [-0.39, 0.29) is 30.5 Å². The molecule has 0 N–H and O–H groups in total. The van der Waals surface area contributed by atoms with Crippen LogP contribution < -0.4 is 4.90 Å². The minimum atomic E-state index is -0.482. The first-order valence-electron chi connectivity index (χ1n) is 10.9. The largest absolute Gasteiger partial charge is 0.460 e. The first-order chi connectivity index (χ1) is 17.1. The molecule has 0 saturated heterocycles. The van der Waals surface area contributed by atoms with Crippen LogP contribution in [0.5, 0.6) is 0 Å². The van der Waals surface area contributed by atoms with E-state index in [0.717, 1.165) is 11.3 Å². The molecule has 186 valence electrons. The van der Waals surface area contributed by atoms with Crippen molar-refractivity contribution >= 4 is 29.3 Å². The van der Waals surface area contributed by atoms with Gasteiger partial charge in [0.05, 0.1) is 18.8 Å². The Morgan fingerprint density at radius 1 is 1.06 bits per heavy atom. The summed E-state index contributed by atoms with van der Waals surface area (Å²) in [6.45, 7) is 13.1. The molecule has 2 rings (SSSR count). The molecule has 2 aromatic rings. The van der Waals surface area contributed by atoms with Crippen molar-refractivity contribution < 1.29 is 19.1 Å². The van der Waals surface area contributed by atoms with Gasteiger partial charge >= 0.3 is 11.9 Å². The van der Waals surface area contributed by atoms with Crippen molar-refractivity contribution in [2.45, 2.75) is 20.8 Å². The number of nitrogens with zero attached hydrogens (tertiary/aromatic N) is 7. The number of rotatable bonds is 11. The second-order valence-electron chi connectivity index (χ2n) is 7.88. The number of imidazole rings is 1. The lowest BCUT2D eigenvalue weighted by atomic mass is 10.1. The molecule has 11 heteroatoms. The molecule has 0 fully saturated rings. The zero-order valence-electron chi connectivity index (χ0n) is 20.7. The van der Waals surface area contributed by atoms with Gasteiger partial charge < -0.3 is 18.9 Å². The van der Waals surface area contributed by atoms with Gasteiger partial charge in [0.25, 0.3) is 5.95 Å².